The first-order valence-corrected chi connectivity index (χ1v) is 14.6. The fourth-order valence-corrected chi connectivity index (χ4v) is 4.68. The summed E-state index contributed by atoms with van der Waals surface area (Å²) < 4.78 is 12.2. The highest BCUT2D eigenvalue weighted by atomic mass is 16.5. The second-order valence-electron chi connectivity index (χ2n) is 10.1. The molecule has 0 saturated carbocycles. The van der Waals surface area contributed by atoms with E-state index in [4.69, 9.17) is 9.47 Å². The molecule has 2 rings (SSSR count). The van der Waals surface area contributed by atoms with Gasteiger partial charge in [0.15, 0.2) is 0 Å². The average molecular weight is 508 g/mol. The van der Waals surface area contributed by atoms with Crippen molar-refractivity contribution in [3.8, 4) is 0 Å². The molecule has 0 N–H and O–H groups in total. The van der Waals surface area contributed by atoms with Gasteiger partial charge < -0.3 is 9.47 Å². The molecule has 204 valence electrons. The molecule has 2 aromatic carbocycles. The van der Waals surface area contributed by atoms with E-state index in [9.17, 15) is 5.53 Å². The first kappa shape index (κ1) is 30.9. The summed E-state index contributed by atoms with van der Waals surface area (Å²) in [7, 11) is 0. The Morgan fingerprint density at radius 3 is 1.68 bits per heavy atom. The zero-order valence-corrected chi connectivity index (χ0v) is 23.1. The lowest BCUT2D eigenvalue weighted by Crippen LogP contribution is -2.31. The first-order chi connectivity index (χ1) is 18.3. The number of hydrogen-bond acceptors (Lipinski definition) is 3. The monoisotopic (exact) mass is 507 g/mol. The molecule has 5 nitrogen and oxygen atoms in total. The Balaban J connectivity index is 1.71. The van der Waals surface area contributed by atoms with Crippen molar-refractivity contribution in [1.29, 1.82) is 0 Å². The molecular formula is C32H49N3O2. The molecule has 0 amide bonds. The molecular weight excluding hydrogens is 458 g/mol. The van der Waals surface area contributed by atoms with Crippen LogP contribution in [0.2, 0.25) is 0 Å². The summed E-state index contributed by atoms with van der Waals surface area (Å²) in [5, 5.41) is 4.08. The van der Waals surface area contributed by atoms with Crippen LogP contribution in [0.25, 0.3) is 10.4 Å². The summed E-state index contributed by atoms with van der Waals surface area (Å²) in [4.78, 5) is 3.12. The largest absolute Gasteiger partial charge is 0.376 e. The van der Waals surface area contributed by atoms with Crippen molar-refractivity contribution < 1.29 is 9.47 Å². The van der Waals surface area contributed by atoms with Gasteiger partial charge in [-0.2, -0.15) is 0 Å². The SMILES string of the molecule is CCCCCCCCCCCCCCC[C@@H](OCc1ccccc1)[C@H](COCc1ccccc1)N=[N+]=[N-]. The molecule has 0 spiro atoms. The number of unbranched alkanes of at least 4 members (excludes halogenated alkanes) is 12. The van der Waals surface area contributed by atoms with Gasteiger partial charge in [-0.1, -0.05) is 156 Å². The van der Waals surface area contributed by atoms with Crippen LogP contribution in [0.1, 0.15) is 108 Å². The van der Waals surface area contributed by atoms with E-state index in [1.807, 2.05) is 48.5 Å². The van der Waals surface area contributed by atoms with Crippen molar-refractivity contribution in [2.24, 2.45) is 5.11 Å². The maximum Gasteiger partial charge on any atom is 0.0870 e. The Labute approximate surface area is 225 Å². The summed E-state index contributed by atoms with van der Waals surface area (Å²) in [6, 6.07) is 19.9. The Morgan fingerprint density at radius 1 is 0.676 bits per heavy atom. The fraction of sp³-hybridized carbons (Fsp3) is 0.625. The van der Waals surface area contributed by atoms with Gasteiger partial charge >= 0.3 is 0 Å². The lowest BCUT2D eigenvalue weighted by molar-refractivity contribution is -0.0112. The predicted molar refractivity (Wildman–Crippen MR) is 154 cm³/mol. The van der Waals surface area contributed by atoms with Gasteiger partial charge in [-0.15, -0.1) is 0 Å². The molecule has 0 saturated heterocycles. The van der Waals surface area contributed by atoms with Crippen LogP contribution in [-0.2, 0) is 22.7 Å². The van der Waals surface area contributed by atoms with E-state index in [-0.39, 0.29) is 12.1 Å². The smallest absolute Gasteiger partial charge is 0.0870 e. The van der Waals surface area contributed by atoms with Gasteiger partial charge in [-0.3, -0.25) is 0 Å². The molecule has 0 radical (unpaired) electrons. The second-order valence-corrected chi connectivity index (χ2v) is 10.1. The fourth-order valence-electron chi connectivity index (χ4n) is 4.68. The molecule has 0 aliphatic rings. The van der Waals surface area contributed by atoms with Crippen LogP contribution in [0, 0.1) is 0 Å². The van der Waals surface area contributed by atoms with E-state index < -0.39 is 0 Å². The highest BCUT2D eigenvalue weighted by Gasteiger charge is 2.21. The number of ether oxygens (including phenoxy) is 2. The van der Waals surface area contributed by atoms with Crippen LogP contribution in [0.15, 0.2) is 65.8 Å². The minimum absolute atomic E-state index is 0.153. The van der Waals surface area contributed by atoms with Crippen molar-refractivity contribution in [3.63, 3.8) is 0 Å². The maximum absolute atomic E-state index is 9.22. The summed E-state index contributed by atoms with van der Waals surface area (Å²) in [6.45, 7) is 3.65. The standard InChI is InChI=1S/C32H49N3O2/c1-2-3-4-5-6-7-8-9-10-11-12-13-20-25-32(37-27-30-23-18-15-19-24-30)31(34-35-33)28-36-26-29-21-16-14-17-22-29/h14-19,21-24,31-32H,2-13,20,25-28H2,1H3/t31-,32+/m0/s1. The molecule has 2 aromatic rings. The summed E-state index contributed by atoms with van der Waals surface area (Å²) in [5.41, 5.74) is 11.5. The molecule has 0 fully saturated rings. The lowest BCUT2D eigenvalue weighted by Gasteiger charge is -2.24. The molecule has 0 bridgehead atoms. The Kier molecular flexibility index (Phi) is 18.1. The van der Waals surface area contributed by atoms with Crippen LogP contribution >= 0.6 is 0 Å². The van der Waals surface area contributed by atoms with Gasteiger partial charge in [0.2, 0.25) is 0 Å². The number of hydrogen-bond donors (Lipinski definition) is 0. The van der Waals surface area contributed by atoms with Crippen LogP contribution in [0.5, 0.6) is 0 Å². The van der Waals surface area contributed by atoms with Gasteiger partial charge in [0, 0.05) is 4.91 Å². The quantitative estimate of drug-likeness (QED) is 0.0650. The van der Waals surface area contributed by atoms with Crippen molar-refractivity contribution in [2.45, 2.75) is 122 Å². The average Bonchev–Trinajstić information content (AvgIpc) is 2.93. The van der Waals surface area contributed by atoms with E-state index >= 15 is 0 Å². The summed E-state index contributed by atoms with van der Waals surface area (Å²) in [6.07, 6.45) is 18.0. The topological polar surface area (TPSA) is 67.2 Å². The molecule has 0 aliphatic carbocycles. The molecule has 0 heterocycles. The summed E-state index contributed by atoms with van der Waals surface area (Å²) in [5.74, 6) is 0. The first-order valence-electron chi connectivity index (χ1n) is 14.6. The van der Waals surface area contributed by atoms with E-state index in [0.29, 0.717) is 19.8 Å². The molecule has 0 aliphatic heterocycles. The van der Waals surface area contributed by atoms with Crippen molar-refractivity contribution in [3.05, 3.63) is 82.2 Å². The van der Waals surface area contributed by atoms with Crippen LogP contribution < -0.4 is 0 Å². The molecule has 0 unspecified atom stereocenters. The number of azide groups is 1. The maximum atomic E-state index is 9.22. The zero-order valence-electron chi connectivity index (χ0n) is 23.1. The predicted octanol–water partition coefficient (Wildman–Crippen LogP) is 9.95. The van der Waals surface area contributed by atoms with Gasteiger partial charge in [0.25, 0.3) is 0 Å². The van der Waals surface area contributed by atoms with Crippen LogP contribution in [0.4, 0.5) is 0 Å². The van der Waals surface area contributed by atoms with Crippen molar-refractivity contribution in [1.82, 2.24) is 0 Å². The minimum atomic E-state index is -0.338. The van der Waals surface area contributed by atoms with Gasteiger partial charge in [-0.25, -0.2) is 0 Å². The molecule has 37 heavy (non-hydrogen) atoms. The number of rotatable bonds is 23. The van der Waals surface area contributed by atoms with E-state index in [2.05, 4.69) is 29.1 Å². The van der Waals surface area contributed by atoms with Crippen LogP contribution in [-0.4, -0.2) is 18.8 Å². The summed E-state index contributed by atoms with van der Waals surface area (Å²) >= 11 is 0. The zero-order chi connectivity index (χ0) is 26.2. The van der Waals surface area contributed by atoms with E-state index in [1.165, 1.54) is 77.0 Å². The lowest BCUT2D eigenvalue weighted by atomic mass is 10.0. The molecule has 5 heteroatoms. The van der Waals surface area contributed by atoms with Gasteiger partial charge in [0.1, 0.15) is 0 Å². The third kappa shape index (κ3) is 15.5. The van der Waals surface area contributed by atoms with Crippen LogP contribution in [0.3, 0.4) is 0 Å². The van der Waals surface area contributed by atoms with Gasteiger partial charge in [-0.05, 0) is 23.1 Å². The third-order valence-corrected chi connectivity index (χ3v) is 6.93. The van der Waals surface area contributed by atoms with Crippen molar-refractivity contribution in [2.75, 3.05) is 6.61 Å². The minimum Gasteiger partial charge on any atom is -0.376 e. The number of nitrogens with zero attached hydrogens (tertiary/aromatic N) is 3. The molecule has 2 atom stereocenters. The van der Waals surface area contributed by atoms with Crippen molar-refractivity contribution >= 4 is 0 Å². The Morgan fingerprint density at radius 2 is 1.16 bits per heavy atom. The third-order valence-electron chi connectivity index (χ3n) is 6.93. The highest BCUT2D eigenvalue weighted by molar-refractivity contribution is 5.14. The van der Waals surface area contributed by atoms with Gasteiger partial charge in [0.05, 0.1) is 32.0 Å². The Bertz CT molecular complexity index is 824. The Hall–Kier alpha value is -2.33. The van der Waals surface area contributed by atoms with E-state index in [0.717, 1.165) is 24.0 Å². The molecule has 0 aromatic heterocycles. The van der Waals surface area contributed by atoms with E-state index in [1.54, 1.807) is 0 Å². The number of benzene rings is 2. The second kappa shape index (κ2) is 21.7. The highest BCUT2D eigenvalue weighted by Crippen LogP contribution is 2.19. The normalized spacial score (nSPS) is 12.7.